The van der Waals surface area contributed by atoms with Gasteiger partial charge in [-0.1, -0.05) is 12.1 Å². The summed E-state index contributed by atoms with van der Waals surface area (Å²) in [6.07, 6.45) is 1.59. The van der Waals surface area contributed by atoms with E-state index < -0.39 is 32.8 Å². The van der Waals surface area contributed by atoms with Gasteiger partial charge >= 0.3 is 15.5 Å². The van der Waals surface area contributed by atoms with E-state index in [2.05, 4.69) is 26.0 Å². The monoisotopic (exact) mass is 518 g/mol. The summed E-state index contributed by atoms with van der Waals surface area (Å²) >= 11 is 3.14. The van der Waals surface area contributed by atoms with Gasteiger partial charge in [0.25, 0.3) is 5.91 Å². The van der Waals surface area contributed by atoms with Crippen molar-refractivity contribution in [3.8, 4) is 5.75 Å². The summed E-state index contributed by atoms with van der Waals surface area (Å²) in [6, 6.07) is 6.70. The lowest BCUT2D eigenvalue weighted by Crippen LogP contribution is -2.37. The summed E-state index contributed by atoms with van der Waals surface area (Å²) in [7, 11) is -4.34. The zero-order chi connectivity index (χ0) is 22.6. The smallest absolute Gasteiger partial charge is 0.496 e. The zero-order valence-corrected chi connectivity index (χ0v) is 18.3. The number of ether oxygens (including phenoxy) is 1. The van der Waals surface area contributed by atoms with Gasteiger partial charge in [-0.2, -0.15) is 21.6 Å². The molecule has 1 aromatic carbocycles. The number of hydrogen-bond acceptors (Lipinski definition) is 6. The van der Waals surface area contributed by atoms with Gasteiger partial charge in [0.1, 0.15) is 5.75 Å². The van der Waals surface area contributed by atoms with Gasteiger partial charge in [-0.3, -0.25) is 4.79 Å². The van der Waals surface area contributed by atoms with Crippen LogP contribution in [0.5, 0.6) is 5.75 Å². The second-order valence-corrected chi connectivity index (χ2v) is 9.42. The van der Waals surface area contributed by atoms with E-state index in [1.807, 2.05) is 6.07 Å². The molecular formula is C18H14BrF3N4O4S. The Morgan fingerprint density at radius 1 is 1.29 bits per heavy atom. The number of aromatic nitrogens is 3. The number of methoxy groups -OCH3 is 1. The van der Waals surface area contributed by atoms with Crippen LogP contribution in [0.15, 0.2) is 34.9 Å². The molecule has 3 aromatic rings. The Kier molecular flexibility index (Phi) is 5.20. The first-order valence-electron chi connectivity index (χ1n) is 8.84. The predicted molar refractivity (Wildman–Crippen MR) is 107 cm³/mol. The summed E-state index contributed by atoms with van der Waals surface area (Å²) in [5.74, 6) is -0.0155. The fourth-order valence-electron chi connectivity index (χ4n) is 3.46. The van der Waals surface area contributed by atoms with Gasteiger partial charge in [-0.25, -0.2) is 4.98 Å². The average molecular weight is 519 g/mol. The van der Waals surface area contributed by atoms with Gasteiger partial charge < -0.3 is 9.64 Å². The van der Waals surface area contributed by atoms with Gasteiger partial charge in [-0.15, -0.1) is 9.19 Å². The largest absolute Gasteiger partial charge is 0.518 e. The van der Waals surface area contributed by atoms with Crippen LogP contribution in [0, 0.1) is 0 Å². The Morgan fingerprint density at radius 2 is 2.03 bits per heavy atom. The number of fused-ring (bicyclic) bond motifs is 2. The number of nitrogens with zero attached hydrogens (tertiary/aromatic N) is 4. The number of rotatable bonds is 3. The molecule has 0 atom stereocenters. The van der Waals surface area contributed by atoms with Gasteiger partial charge in [-0.05, 0) is 40.0 Å². The van der Waals surface area contributed by atoms with E-state index in [-0.39, 0.29) is 22.6 Å². The lowest BCUT2D eigenvalue weighted by molar-refractivity contribution is -0.0448. The highest BCUT2D eigenvalue weighted by Gasteiger charge is 2.49. The maximum Gasteiger partial charge on any atom is 0.518 e. The van der Waals surface area contributed by atoms with Crippen molar-refractivity contribution in [3.63, 3.8) is 0 Å². The first kappa shape index (κ1) is 21.6. The lowest BCUT2D eigenvalue weighted by atomic mass is 9.98. The van der Waals surface area contributed by atoms with Gasteiger partial charge in [0, 0.05) is 29.3 Å². The van der Waals surface area contributed by atoms with Crippen LogP contribution in [0.4, 0.5) is 13.2 Å². The van der Waals surface area contributed by atoms with Crippen LogP contribution < -0.4 is 4.74 Å². The number of carbonyl (C=O) groups is 1. The summed E-state index contributed by atoms with van der Waals surface area (Å²) in [6.45, 7) is 0.432. The molecule has 0 saturated carbocycles. The number of halogens is 4. The van der Waals surface area contributed by atoms with E-state index >= 15 is 0 Å². The fourth-order valence-corrected chi connectivity index (χ4v) is 4.55. The molecule has 0 spiro atoms. The van der Waals surface area contributed by atoms with Gasteiger partial charge in [0.15, 0.2) is 11.3 Å². The molecule has 0 fully saturated rings. The molecule has 1 amide bonds. The summed E-state index contributed by atoms with van der Waals surface area (Å²) in [5, 5.41) is 3.44. The van der Waals surface area contributed by atoms with Crippen LogP contribution in [0.25, 0.3) is 11.0 Å². The molecule has 13 heteroatoms. The minimum Gasteiger partial charge on any atom is -0.496 e. The first-order valence-corrected chi connectivity index (χ1v) is 11.1. The van der Waals surface area contributed by atoms with Crippen molar-refractivity contribution in [1.82, 2.24) is 19.1 Å². The topological polar surface area (TPSA) is 94.4 Å². The number of amides is 1. The quantitative estimate of drug-likeness (QED) is 0.528. The molecule has 1 aliphatic rings. The SMILES string of the molecule is COc1cccc2c1CCN(C(=O)c1nn(S(=O)(=O)C(F)(F)F)c3ncc(Br)cc13)C2. The molecule has 3 heterocycles. The highest BCUT2D eigenvalue weighted by molar-refractivity contribution is 9.10. The maximum atomic E-state index is 13.2. The highest BCUT2D eigenvalue weighted by Crippen LogP contribution is 2.32. The molecule has 0 radical (unpaired) electrons. The molecule has 0 bridgehead atoms. The number of hydrogen-bond donors (Lipinski definition) is 0. The Bertz CT molecular complexity index is 1310. The number of carbonyl (C=O) groups excluding carboxylic acids is 1. The zero-order valence-electron chi connectivity index (χ0n) is 15.9. The Morgan fingerprint density at radius 3 is 2.71 bits per heavy atom. The van der Waals surface area contributed by atoms with Gasteiger partial charge in [0.05, 0.1) is 12.5 Å². The van der Waals surface area contributed by atoms with Crippen LogP contribution >= 0.6 is 15.9 Å². The molecule has 31 heavy (non-hydrogen) atoms. The van der Waals surface area contributed by atoms with E-state index in [4.69, 9.17) is 4.74 Å². The van der Waals surface area contributed by atoms with Gasteiger partial charge in [0.2, 0.25) is 0 Å². The second-order valence-electron chi connectivity index (χ2n) is 6.74. The van der Waals surface area contributed by atoms with Crippen LogP contribution in [-0.2, 0) is 23.0 Å². The van der Waals surface area contributed by atoms with Crippen molar-refractivity contribution in [2.24, 2.45) is 0 Å². The maximum absolute atomic E-state index is 13.2. The molecule has 0 N–H and O–H groups in total. The van der Waals surface area contributed by atoms with Crippen molar-refractivity contribution in [1.29, 1.82) is 0 Å². The van der Waals surface area contributed by atoms with Crippen molar-refractivity contribution >= 4 is 42.9 Å². The van der Waals surface area contributed by atoms with E-state index in [0.29, 0.717) is 16.6 Å². The fraction of sp³-hybridized carbons (Fsp3) is 0.278. The Labute approximate surface area is 182 Å². The summed E-state index contributed by atoms with van der Waals surface area (Å²) in [4.78, 5) is 18.3. The van der Waals surface area contributed by atoms with E-state index in [1.54, 1.807) is 12.1 Å². The van der Waals surface area contributed by atoms with Crippen molar-refractivity contribution in [2.45, 2.75) is 18.5 Å². The number of alkyl halides is 3. The third-order valence-electron chi connectivity index (χ3n) is 4.91. The second kappa shape index (κ2) is 7.48. The average Bonchev–Trinajstić information content (AvgIpc) is 3.10. The Balaban J connectivity index is 1.80. The van der Waals surface area contributed by atoms with Crippen LogP contribution in [0.3, 0.4) is 0 Å². The van der Waals surface area contributed by atoms with Crippen molar-refractivity contribution < 1.29 is 31.1 Å². The Hall–Kier alpha value is -2.67. The molecule has 1 aliphatic heterocycles. The van der Waals surface area contributed by atoms with E-state index in [1.165, 1.54) is 18.1 Å². The third kappa shape index (κ3) is 3.55. The summed E-state index contributed by atoms with van der Waals surface area (Å²) < 4.78 is 68.8. The molecule has 2 aromatic heterocycles. The number of benzene rings is 1. The van der Waals surface area contributed by atoms with Crippen LogP contribution in [-0.4, -0.2) is 52.6 Å². The van der Waals surface area contributed by atoms with Crippen molar-refractivity contribution in [2.75, 3.05) is 13.7 Å². The summed E-state index contributed by atoms with van der Waals surface area (Å²) in [5.41, 5.74) is -4.86. The number of pyridine rings is 1. The standard InChI is InChI=1S/C18H14BrF3N4O4S/c1-30-14-4-2-3-10-9-25(6-5-12(10)14)17(27)15-13-7-11(19)8-23-16(13)26(24-15)31(28,29)18(20,21)22/h2-4,7-8H,5-6,9H2,1H3. The molecule has 164 valence electrons. The molecule has 0 unspecified atom stereocenters. The first-order chi connectivity index (χ1) is 14.5. The third-order valence-corrected chi connectivity index (χ3v) is 6.64. The van der Waals surface area contributed by atoms with Crippen molar-refractivity contribution in [3.05, 3.63) is 51.8 Å². The normalized spacial score (nSPS) is 14.5. The van der Waals surface area contributed by atoms with E-state index in [0.717, 1.165) is 17.3 Å². The molecule has 0 saturated heterocycles. The van der Waals surface area contributed by atoms with Crippen LogP contribution in [0.2, 0.25) is 0 Å². The minimum absolute atomic E-state index is 0.108. The minimum atomic E-state index is -5.88. The van der Waals surface area contributed by atoms with Crippen LogP contribution in [0.1, 0.15) is 21.6 Å². The van der Waals surface area contributed by atoms with E-state index in [9.17, 15) is 26.4 Å². The molecule has 0 aliphatic carbocycles. The molecule has 8 nitrogen and oxygen atoms in total. The molecule has 4 rings (SSSR count). The predicted octanol–water partition coefficient (Wildman–Crippen LogP) is 3.10. The highest BCUT2D eigenvalue weighted by atomic mass is 79.9. The molecular weight excluding hydrogens is 505 g/mol. The lowest BCUT2D eigenvalue weighted by Gasteiger charge is -2.29.